The molecule has 2 aliphatic rings. The van der Waals surface area contributed by atoms with Gasteiger partial charge in [0.05, 0.1) is 25.4 Å². The molecule has 2 N–H and O–H groups in total. The zero-order chi connectivity index (χ0) is 10.1. The molecule has 82 valence electrons. The minimum absolute atomic E-state index is 0.148. The molecule has 2 rings (SSSR count). The van der Waals surface area contributed by atoms with Gasteiger partial charge < -0.3 is 15.2 Å². The van der Waals surface area contributed by atoms with Gasteiger partial charge in [0.25, 0.3) is 0 Å². The summed E-state index contributed by atoms with van der Waals surface area (Å²) < 4.78 is 5.19. The molecular weight excluding hydrogens is 180 g/mol. The van der Waals surface area contributed by atoms with Gasteiger partial charge in [-0.2, -0.15) is 0 Å². The number of hydrogen-bond donors (Lipinski definition) is 2. The van der Waals surface area contributed by atoms with E-state index in [0.717, 1.165) is 13.1 Å². The van der Waals surface area contributed by atoms with Gasteiger partial charge in [-0.25, -0.2) is 0 Å². The molecule has 0 radical (unpaired) electrons. The monoisotopic (exact) mass is 200 g/mol. The topological polar surface area (TPSA) is 44.7 Å². The average molecular weight is 200 g/mol. The summed E-state index contributed by atoms with van der Waals surface area (Å²) >= 11 is 0. The van der Waals surface area contributed by atoms with Crippen LogP contribution in [0, 0.1) is 0 Å². The first kappa shape index (κ1) is 10.4. The number of ether oxygens (including phenoxy) is 1. The van der Waals surface area contributed by atoms with Crippen LogP contribution in [-0.4, -0.2) is 60.5 Å². The van der Waals surface area contributed by atoms with Crippen molar-refractivity contribution in [2.75, 3.05) is 26.3 Å². The van der Waals surface area contributed by atoms with Crippen LogP contribution >= 0.6 is 0 Å². The van der Waals surface area contributed by atoms with Crippen molar-refractivity contribution in [2.24, 2.45) is 0 Å². The number of hydrogen-bond acceptors (Lipinski definition) is 4. The summed E-state index contributed by atoms with van der Waals surface area (Å²) in [4.78, 5) is 2.42. The smallest absolute Gasteiger partial charge is 0.0948 e. The van der Waals surface area contributed by atoms with Gasteiger partial charge in [0.15, 0.2) is 0 Å². The molecule has 4 nitrogen and oxygen atoms in total. The van der Waals surface area contributed by atoms with Crippen LogP contribution in [0.1, 0.15) is 13.8 Å². The Hall–Kier alpha value is -0.160. The third-order valence-electron chi connectivity index (χ3n) is 3.14. The molecule has 0 bridgehead atoms. The van der Waals surface area contributed by atoms with E-state index in [2.05, 4.69) is 24.1 Å². The number of aliphatic hydroxyl groups excluding tert-OH is 1. The van der Waals surface area contributed by atoms with Crippen LogP contribution in [0.25, 0.3) is 0 Å². The van der Waals surface area contributed by atoms with Crippen LogP contribution in [-0.2, 0) is 4.74 Å². The molecule has 2 saturated heterocycles. The average Bonchev–Trinajstić information content (AvgIpc) is 2.42. The van der Waals surface area contributed by atoms with Crippen molar-refractivity contribution in [1.29, 1.82) is 0 Å². The van der Waals surface area contributed by atoms with Crippen molar-refractivity contribution in [2.45, 2.75) is 38.1 Å². The number of nitrogens with zero attached hydrogens (tertiary/aromatic N) is 1. The maximum atomic E-state index is 9.53. The maximum absolute atomic E-state index is 9.53. The predicted octanol–water partition coefficient (Wildman–Crippen LogP) is -0.572. The molecule has 2 fully saturated rings. The second-order valence-corrected chi connectivity index (χ2v) is 4.62. The Bertz CT molecular complexity index is 193. The fourth-order valence-electron chi connectivity index (χ4n) is 2.04. The molecule has 2 atom stereocenters. The summed E-state index contributed by atoms with van der Waals surface area (Å²) in [6.07, 6.45) is -0.317. The van der Waals surface area contributed by atoms with E-state index in [1.54, 1.807) is 0 Å². The Morgan fingerprint density at radius 3 is 2.57 bits per heavy atom. The van der Waals surface area contributed by atoms with Crippen molar-refractivity contribution < 1.29 is 9.84 Å². The summed E-state index contributed by atoms with van der Waals surface area (Å²) in [5.41, 5.74) is 0. The molecule has 2 heterocycles. The molecule has 0 aromatic heterocycles. The Morgan fingerprint density at radius 1 is 1.36 bits per heavy atom. The van der Waals surface area contributed by atoms with Gasteiger partial charge >= 0.3 is 0 Å². The minimum atomic E-state index is -0.317. The number of rotatable bonds is 3. The first-order chi connectivity index (χ1) is 6.66. The van der Waals surface area contributed by atoms with Gasteiger partial charge in [-0.3, -0.25) is 4.90 Å². The van der Waals surface area contributed by atoms with Crippen LogP contribution < -0.4 is 5.32 Å². The molecule has 2 aliphatic heterocycles. The number of aliphatic hydroxyl groups is 1. The molecule has 0 saturated carbocycles. The van der Waals surface area contributed by atoms with Crippen LogP contribution in [0.4, 0.5) is 0 Å². The zero-order valence-corrected chi connectivity index (χ0v) is 8.94. The molecule has 0 aromatic carbocycles. The lowest BCUT2D eigenvalue weighted by Crippen LogP contribution is -2.63. The molecular formula is C10H20N2O2. The molecule has 0 spiro atoms. The third kappa shape index (κ3) is 2.08. The third-order valence-corrected chi connectivity index (χ3v) is 3.14. The van der Waals surface area contributed by atoms with Crippen molar-refractivity contribution in [3.63, 3.8) is 0 Å². The lowest BCUT2D eigenvalue weighted by atomic mass is 10.0. The second kappa shape index (κ2) is 4.14. The Morgan fingerprint density at radius 2 is 2.07 bits per heavy atom. The fourth-order valence-corrected chi connectivity index (χ4v) is 2.04. The Balaban J connectivity index is 1.68. The van der Waals surface area contributed by atoms with Gasteiger partial charge in [0.2, 0.25) is 0 Å². The van der Waals surface area contributed by atoms with E-state index in [4.69, 9.17) is 4.74 Å². The zero-order valence-electron chi connectivity index (χ0n) is 8.94. The van der Waals surface area contributed by atoms with E-state index < -0.39 is 0 Å². The van der Waals surface area contributed by atoms with E-state index in [-0.39, 0.29) is 12.1 Å². The van der Waals surface area contributed by atoms with Crippen LogP contribution in [0.3, 0.4) is 0 Å². The fraction of sp³-hybridized carbons (Fsp3) is 1.00. The molecule has 0 aromatic rings. The van der Waals surface area contributed by atoms with E-state index in [9.17, 15) is 5.11 Å². The quantitative estimate of drug-likeness (QED) is 0.640. The van der Waals surface area contributed by atoms with E-state index in [1.807, 2.05) is 0 Å². The largest absolute Gasteiger partial charge is 0.389 e. The summed E-state index contributed by atoms with van der Waals surface area (Å²) in [6.45, 7) is 7.76. The second-order valence-electron chi connectivity index (χ2n) is 4.62. The molecule has 2 unspecified atom stereocenters. The summed E-state index contributed by atoms with van der Waals surface area (Å²) in [7, 11) is 0. The van der Waals surface area contributed by atoms with Gasteiger partial charge in [-0.05, 0) is 13.8 Å². The maximum Gasteiger partial charge on any atom is 0.0948 e. The molecule has 0 aliphatic carbocycles. The SMILES string of the molecule is CC(C)N1CC(NC2COCC2O)C1. The van der Waals surface area contributed by atoms with Crippen molar-refractivity contribution in [3.8, 4) is 0 Å². The molecule has 4 heteroatoms. The van der Waals surface area contributed by atoms with Crippen LogP contribution in [0.15, 0.2) is 0 Å². The van der Waals surface area contributed by atoms with Crippen LogP contribution in [0.2, 0.25) is 0 Å². The normalized spacial score (nSPS) is 35.1. The van der Waals surface area contributed by atoms with Gasteiger partial charge in [-0.1, -0.05) is 0 Å². The molecule has 0 amide bonds. The highest BCUT2D eigenvalue weighted by molar-refractivity contribution is 4.92. The highest BCUT2D eigenvalue weighted by atomic mass is 16.5. The van der Waals surface area contributed by atoms with Crippen molar-refractivity contribution in [3.05, 3.63) is 0 Å². The highest BCUT2D eigenvalue weighted by Crippen LogP contribution is 2.14. The van der Waals surface area contributed by atoms with E-state index in [0.29, 0.717) is 25.3 Å². The van der Waals surface area contributed by atoms with Crippen molar-refractivity contribution in [1.82, 2.24) is 10.2 Å². The van der Waals surface area contributed by atoms with E-state index in [1.165, 1.54) is 0 Å². The summed E-state index contributed by atoms with van der Waals surface area (Å²) in [6, 6.07) is 1.32. The first-order valence-corrected chi connectivity index (χ1v) is 5.42. The first-order valence-electron chi connectivity index (χ1n) is 5.42. The molecule has 14 heavy (non-hydrogen) atoms. The van der Waals surface area contributed by atoms with Crippen molar-refractivity contribution >= 4 is 0 Å². The lowest BCUT2D eigenvalue weighted by Gasteiger charge is -2.43. The predicted molar refractivity (Wildman–Crippen MR) is 54.2 cm³/mol. The van der Waals surface area contributed by atoms with Gasteiger partial charge in [0.1, 0.15) is 0 Å². The Kier molecular flexibility index (Phi) is 3.07. The minimum Gasteiger partial charge on any atom is -0.389 e. The Labute approximate surface area is 85.2 Å². The van der Waals surface area contributed by atoms with Gasteiger partial charge in [0, 0.05) is 25.2 Å². The number of likely N-dealkylation sites (tertiary alicyclic amines) is 1. The standard InChI is InChI=1S/C10H20N2O2/c1-7(2)12-3-8(4-12)11-9-5-14-6-10(9)13/h7-11,13H,3-6H2,1-2H3. The van der Waals surface area contributed by atoms with E-state index >= 15 is 0 Å². The highest BCUT2D eigenvalue weighted by Gasteiger charge is 2.34. The number of nitrogens with one attached hydrogen (secondary N) is 1. The van der Waals surface area contributed by atoms with Crippen LogP contribution in [0.5, 0.6) is 0 Å². The van der Waals surface area contributed by atoms with Gasteiger partial charge in [-0.15, -0.1) is 0 Å². The summed E-state index contributed by atoms with van der Waals surface area (Å²) in [5, 5.41) is 13.0. The lowest BCUT2D eigenvalue weighted by molar-refractivity contribution is 0.0699. The summed E-state index contributed by atoms with van der Waals surface area (Å²) in [5.74, 6) is 0.